The van der Waals surface area contributed by atoms with Gasteiger partial charge in [0, 0.05) is 20.0 Å². The van der Waals surface area contributed by atoms with Crippen LogP contribution in [-0.2, 0) is 23.2 Å². The SMILES string of the molecule is CCNC(=NCc1ccc(OC)c(NC(C)=O)c1)NCCc1ccc(C(C)(C)C)cc1. The molecular formula is C25H36N4O2. The van der Waals surface area contributed by atoms with Crippen molar-refractivity contribution in [3.05, 3.63) is 59.2 Å². The maximum atomic E-state index is 11.4. The van der Waals surface area contributed by atoms with Crippen molar-refractivity contribution in [2.24, 2.45) is 4.99 Å². The quantitative estimate of drug-likeness (QED) is 0.437. The molecule has 2 rings (SSSR count). The van der Waals surface area contributed by atoms with E-state index >= 15 is 0 Å². The van der Waals surface area contributed by atoms with Gasteiger partial charge in [0.05, 0.1) is 19.3 Å². The number of methoxy groups -OCH3 is 1. The van der Waals surface area contributed by atoms with E-state index in [1.807, 2.05) is 25.1 Å². The van der Waals surface area contributed by atoms with Crippen molar-refractivity contribution in [3.63, 3.8) is 0 Å². The third-order valence-corrected chi connectivity index (χ3v) is 4.86. The zero-order valence-corrected chi connectivity index (χ0v) is 19.6. The third-order valence-electron chi connectivity index (χ3n) is 4.86. The van der Waals surface area contributed by atoms with Crippen LogP contribution in [0, 0.1) is 0 Å². The number of hydrogen-bond acceptors (Lipinski definition) is 3. The predicted octanol–water partition coefficient (Wildman–Crippen LogP) is 4.25. The van der Waals surface area contributed by atoms with Crippen LogP contribution in [0.5, 0.6) is 5.75 Å². The summed E-state index contributed by atoms with van der Waals surface area (Å²) in [6, 6.07) is 14.5. The minimum absolute atomic E-state index is 0.135. The number of nitrogens with zero attached hydrogens (tertiary/aromatic N) is 1. The van der Waals surface area contributed by atoms with Crippen LogP contribution in [0.3, 0.4) is 0 Å². The van der Waals surface area contributed by atoms with Crippen molar-refractivity contribution in [2.45, 2.75) is 53.0 Å². The van der Waals surface area contributed by atoms with Crippen LogP contribution < -0.4 is 20.7 Å². The Bertz CT molecular complexity index is 883. The lowest BCUT2D eigenvalue weighted by molar-refractivity contribution is -0.114. The van der Waals surface area contributed by atoms with Crippen molar-refractivity contribution in [3.8, 4) is 5.75 Å². The molecule has 168 valence electrons. The molecule has 0 bridgehead atoms. The van der Waals surface area contributed by atoms with Crippen LogP contribution in [0.4, 0.5) is 5.69 Å². The van der Waals surface area contributed by atoms with E-state index in [1.165, 1.54) is 18.1 Å². The molecule has 2 aromatic carbocycles. The zero-order chi connectivity index (χ0) is 22.9. The van der Waals surface area contributed by atoms with Crippen LogP contribution in [0.15, 0.2) is 47.5 Å². The molecule has 0 fully saturated rings. The van der Waals surface area contributed by atoms with E-state index < -0.39 is 0 Å². The molecule has 31 heavy (non-hydrogen) atoms. The Morgan fingerprint density at radius 1 is 1.03 bits per heavy atom. The van der Waals surface area contributed by atoms with Gasteiger partial charge in [0.2, 0.25) is 5.91 Å². The molecule has 6 heteroatoms. The molecule has 0 heterocycles. The minimum Gasteiger partial charge on any atom is -0.495 e. The van der Waals surface area contributed by atoms with Gasteiger partial charge in [0.25, 0.3) is 0 Å². The van der Waals surface area contributed by atoms with Crippen LogP contribution in [0.2, 0.25) is 0 Å². The fraction of sp³-hybridized carbons (Fsp3) is 0.440. The molecule has 2 aromatic rings. The summed E-state index contributed by atoms with van der Waals surface area (Å²) in [7, 11) is 1.59. The lowest BCUT2D eigenvalue weighted by Gasteiger charge is -2.19. The summed E-state index contributed by atoms with van der Waals surface area (Å²) in [6.45, 7) is 12.3. The summed E-state index contributed by atoms with van der Waals surface area (Å²) in [5.41, 5.74) is 4.45. The van der Waals surface area contributed by atoms with Gasteiger partial charge in [0.1, 0.15) is 5.75 Å². The molecule has 1 amide bonds. The topological polar surface area (TPSA) is 74.8 Å². The number of aliphatic imine (C=N–C) groups is 1. The first-order valence-corrected chi connectivity index (χ1v) is 10.8. The van der Waals surface area contributed by atoms with Crippen LogP contribution in [-0.4, -0.2) is 32.1 Å². The molecule has 0 spiro atoms. The van der Waals surface area contributed by atoms with Crippen molar-refractivity contribution >= 4 is 17.6 Å². The van der Waals surface area contributed by atoms with Crippen molar-refractivity contribution in [1.29, 1.82) is 0 Å². The number of carbonyl (C=O) groups excluding carboxylic acids is 1. The highest BCUT2D eigenvalue weighted by Gasteiger charge is 2.12. The number of hydrogen-bond donors (Lipinski definition) is 3. The van der Waals surface area contributed by atoms with Gasteiger partial charge < -0.3 is 20.7 Å². The Morgan fingerprint density at radius 2 is 1.71 bits per heavy atom. The van der Waals surface area contributed by atoms with Crippen LogP contribution in [0.25, 0.3) is 0 Å². The first kappa shape index (κ1) is 24.3. The first-order valence-electron chi connectivity index (χ1n) is 10.8. The average molecular weight is 425 g/mol. The molecule has 0 radical (unpaired) electrons. The number of ether oxygens (including phenoxy) is 1. The highest BCUT2D eigenvalue weighted by Crippen LogP contribution is 2.26. The van der Waals surface area contributed by atoms with Gasteiger partial charge in [-0.15, -0.1) is 0 Å². The molecule has 0 unspecified atom stereocenters. The fourth-order valence-electron chi connectivity index (χ4n) is 3.15. The number of guanidine groups is 1. The second kappa shape index (κ2) is 11.4. The highest BCUT2D eigenvalue weighted by molar-refractivity contribution is 5.90. The lowest BCUT2D eigenvalue weighted by atomic mass is 9.86. The molecule has 0 aliphatic rings. The van der Waals surface area contributed by atoms with E-state index in [2.05, 4.69) is 66.0 Å². The Labute approximate surface area is 186 Å². The smallest absolute Gasteiger partial charge is 0.221 e. The van der Waals surface area contributed by atoms with Gasteiger partial charge in [-0.05, 0) is 47.6 Å². The van der Waals surface area contributed by atoms with E-state index in [0.717, 1.165) is 31.0 Å². The largest absolute Gasteiger partial charge is 0.495 e. The van der Waals surface area contributed by atoms with Gasteiger partial charge in [-0.25, -0.2) is 4.99 Å². The van der Waals surface area contributed by atoms with E-state index in [4.69, 9.17) is 4.74 Å². The Kier molecular flexibility index (Phi) is 8.91. The molecule has 0 saturated carbocycles. The van der Waals surface area contributed by atoms with Gasteiger partial charge >= 0.3 is 0 Å². The molecular weight excluding hydrogens is 388 g/mol. The summed E-state index contributed by atoms with van der Waals surface area (Å²) in [4.78, 5) is 16.1. The summed E-state index contributed by atoms with van der Waals surface area (Å²) in [6.07, 6.45) is 0.921. The number of anilines is 1. The number of benzene rings is 2. The summed E-state index contributed by atoms with van der Waals surface area (Å²) < 4.78 is 5.31. The predicted molar refractivity (Wildman–Crippen MR) is 129 cm³/mol. The molecule has 6 nitrogen and oxygen atoms in total. The van der Waals surface area contributed by atoms with Gasteiger partial charge in [0.15, 0.2) is 5.96 Å². The van der Waals surface area contributed by atoms with Crippen LogP contribution in [0.1, 0.15) is 51.3 Å². The Morgan fingerprint density at radius 3 is 2.29 bits per heavy atom. The van der Waals surface area contributed by atoms with Gasteiger partial charge in [-0.3, -0.25) is 4.79 Å². The molecule has 0 aliphatic heterocycles. The number of nitrogens with one attached hydrogen (secondary N) is 3. The van der Waals surface area contributed by atoms with Gasteiger partial charge in [-0.1, -0.05) is 51.1 Å². The fourth-order valence-corrected chi connectivity index (χ4v) is 3.15. The van der Waals surface area contributed by atoms with Crippen molar-refractivity contribution < 1.29 is 9.53 Å². The maximum absolute atomic E-state index is 11.4. The average Bonchev–Trinajstić information content (AvgIpc) is 2.71. The number of rotatable bonds is 8. The molecule has 0 atom stereocenters. The first-order chi connectivity index (χ1) is 14.7. The summed E-state index contributed by atoms with van der Waals surface area (Å²) in [5, 5.41) is 9.48. The highest BCUT2D eigenvalue weighted by atomic mass is 16.5. The van der Waals surface area contributed by atoms with E-state index in [0.29, 0.717) is 18.0 Å². The van der Waals surface area contributed by atoms with Gasteiger partial charge in [-0.2, -0.15) is 0 Å². The minimum atomic E-state index is -0.135. The van der Waals surface area contributed by atoms with E-state index in [9.17, 15) is 4.79 Å². The second-order valence-corrected chi connectivity index (χ2v) is 8.53. The standard InChI is InChI=1S/C25H36N4O2/c1-7-26-24(27-15-14-19-8-11-21(12-9-19)25(3,4)5)28-17-20-10-13-23(31-6)22(16-20)29-18(2)30/h8-13,16H,7,14-15,17H2,1-6H3,(H,29,30)(H2,26,27,28). The van der Waals surface area contributed by atoms with Crippen molar-refractivity contribution in [1.82, 2.24) is 10.6 Å². The monoisotopic (exact) mass is 424 g/mol. The summed E-state index contributed by atoms with van der Waals surface area (Å²) in [5.74, 6) is 1.26. The molecule has 3 N–H and O–H groups in total. The van der Waals surface area contributed by atoms with Crippen LogP contribution >= 0.6 is 0 Å². The summed E-state index contributed by atoms with van der Waals surface area (Å²) >= 11 is 0. The second-order valence-electron chi connectivity index (χ2n) is 8.53. The normalized spacial score (nSPS) is 11.7. The Hall–Kier alpha value is -3.02. The molecule has 0 aliphatic carbocycles. The van der Waals surface area contributed by atoms with E-state index in [1.54, 1.807) is 7.11 Å². The third kappa shape index (κ3) is 7.96. The zero-order valence-electron chi connectivity index (χ0n) is 19.6. The molecule has 0 aromatic heterocycles. The number of amides is 1. The van der Waals surface area contributed by atoms with Crippen molar-refractivity contribution in [2.75, 3.05) is 25.5 Å². The number of carbonyl (C=O) groups is 1. The van der Waals surface area contributed by atoms with E-state index in [-0.39, 0.29) is 11.3 Å². The Balaban J connectivity index is 1.98. The maximum Gasteiger partial charge on any atom is 0.221 e. The molecule has 0 saturated heterocycles. The lowest BCUT2D eigenvalue weighted by Crippen LogP contribution is -2.38.